The summed E-state index contributed by atoms with van der Waals surface area (Å²) in [4.78, 5) is 0. The Morgan fingerprint density at radius 2 is 1.25 bits per heavy atom. The molecule has 240 valence electrons. The van der Waals surface area contributed by atoms with E-state index in [0.717, 1.165) is 67.4 Å². The van der Waals surface area contributed by atoms with E-state index in [1.807, 2.05) is 102 Å². The van der Waals surface area contributed by atoms with E-state index in [2.05, 4.69) is 0 Å². The highest BCUT2D eigenvalue weighted by Gasteiger charge is 2.30. The highest BCUT2D eigenvalue weighted by atomic mass is 19.4. The average Bonchev–Trinajstić information content (AvgIpc) is 3.41. The van der Waals surface area contributed by atoms with Crippen molar-refractivity contribution >= 4 is 21.8 Å². The monoisotopic (exact) mass is 653 g/mol. The van der Waals surface area contributed by atoms with E-state index >= 15 is 0 Å². The smallest absolute Gasteiger partial charge is 0.309 e. The maximum atomic E-state index is 13.5. The zero-order chi connectivity index (χ0) is 35.6. The Balaban J connectivity index is 1.40. The Hall–Kier alpha value is -5.37. The molecule has 0 bridgehead atoms. The number of nitrogens with zero attached hydrogens (tertiary/aromatic N) is 2. The summed E-state index contributed by atoms with van der Waals surface area (Å²) >= 11 is 0. The van der Waals surface area contributed by atoms with Crippen molar-refractivity contribution in [2.24, 2.45) is 7.05 Å². The number of pyridine rings is 1. The standard InChI is InChI=1S/C40H29F6N2/c1-25-5-3-4-6-33(25)38-37-34-20-15-30(29-11-9-27(10-12-29)28-13-16-31(17-14-28)40(44,45)46)23-36(34)48(35(37)21-22-47(38)2)32-18-7-26(8-19-32)24-39(41,42)43/h3-23H,24H2,1-2H3/q+1/i24D2. The third-order valence-electron chi connectivity index (χ3n) is 8.63. The highest BCUT2D eigenvalue weighted by molar-refractivity contribution is 6.15. The zero-order valence-corrected chi connectivity index (χ0v) is 25.8. The first-order valence-electron chi connectivity index (χ1n) is 16.1. The number of hydrogen-bond acceptors (Lipinski definition) is 0. The van der Waals surface area contributed by atoms with Crippen molar-refractivity contribution in [1.29, 1.82) is 0 Å². The fourth-order valence-corrected chi connectivity index (χ4v) is 6.33. The third kappa shape index (κ3) is 5.83. The van der Waals surface area contributed by atoms with Crippen LogP contribution in [-0.2, 0) is 19.6 Å². The van der Waals surface area contributed by atoms with Crippen molar-refractivity contribution in [3.8, 4) is 39.2 Å². The minimum absolute atomic E-state index is 0.490. The number of aryl methyl sites for hydroxylation is 2. The molecular formula is C40H29F6N2+. The van der Waals surface area contributed by atoms with E-state index in [0.29, 0.717) is 11.3 Å². The van der Waals surface area contributed by atoms with E-state index in [1.165, 1.54) is 36.4 Å². The van der Waals surface area contributed by atoms with E-state index in [4.69, 9.17) is 2.74 Å². The molecule has 0 N–H and O–H groups in total. The molecule has 7 aromatic rings. The number of aromatic nitrogens is 2. The van der Waals surface area contributed by atoms with Crippen LogP contribution in [0.4, 0.5) is 26.3 Å². The summed E-state index contributed by atoms with van der Waals surface area (Å²) in [5.41, 5.74) is 7.14. The van der Waals surface area contributed by atoms with Crippen LogP contribution in [0.15, 0.2) is 128 Å². The van der Waals surface area contributed by atoms with Gasteiger partial charge in [-0.15, -0.1) is 0 Å². The fourth-order valence-electron chi connectivity index (χ4n) is 6.33. The second-order valence-corrected chi connectivity index (χ2v) is 11.7. The summed E-state index contributed by atoms with van der Waals surface area (Å²) in [6.45, 7) is 2.03. The van der Waals surface area contributed by atoms with Crippen LogP contribution in [0.1, 0.15) is 19.4 Å². The first-order valence-corrected chi connectivity index (χ1v) is 15.1. The molecule has 0 radical (unpaired) electrons. The Labute approximate surface area is 275 Å². The first kappa shape index (κ1) is 28.8. The molecule has 0 saturated carbocycles. The van der Waals surface area contributed by atoms with Gasteiger partial charge in [0.25, 0.3) is 0 Å². The quantitative estimate of drug-likeness (QED) is 0.129. The van der Waals surface area contributed by atoms with Crippen molar-refractivity contribution in [2.45, 2.75) is 25.6 Å². The van der Waals surface area contributed by atoms with Crippen LogP contribution < -0.4 is 4.57 Å². The number of alkyl halides is 6. The Morgan fingerprint density at radius 3 is 1.85 bits per heavy atom. The molecule has 0 fully saturated rings. The van der Waals surface area contributed by atoms with Crippen LogP contribution in [-0.4, -0.2) is 10.7 Å². The van der Waals surface area contributed by atoms with E-state index in [1.54, 1.807) is 0 Å². The number of halogens is 6. The zero-order valence-electron chi connectivity index (χ0n) is 27.8. The molecule has 0 unspecified atom stereocenters. The average molecular weight is 654 g/mol. The summed E-state index contributed by atoms with van der Waals surface area (Å²) in [7, 11) is 1.96. The second kappa shape index (κ2) is 11.7. The van der Waals surface area contributed by atoms with Crippen LogP contribution in [0.25, 0.3) is 61.0 Å². The maximum Gasteiger partial charge on any atom is 0.416 e. The number of fused-ring (bicyclic) bond motifs is 3. The number of hydrogen-bond donors (Lipinski definition) is 0. The van der Waals surface area contributed by atoms with Gasteiger partial charge in [0.2, 0.25) is 5.69 Å². The molecule has 0 aliphatic heterocycles. The van der Waals surface area contributed by atoms with Gasteiger partial charge in [-0.3, -0.25) is 0 Å². The van der Waals surface area contributed by atoms with Gasteiger partial charge in [-0.1, -0.05) is 78.9 Å². The minimum Gasteiger partial charge on any atom is -0.309 e. The largest absolute Gasteiger partial charge is 0.416 e. The van der Waals surface area contributed by atoms with Crippen molar-refractivity contribution in [3.05, 3.63) is 144 Å². The molecule has 0 aliphatic carbocycles. The van der Waals surface area contributed by atoms with E-state index < -0.39 is 29.9 Å². The SMILES string of the molecule is [2H]C([2H])(c1ccc(-n2c3cc(-c4ccc(-c5ccc(C(F)(F)F)cc5)cc4)ccc3c3c(-c4ccccc4C)[n+](C)ccc32)cc1)C(F)(F)F. The van der Waals surface area contributed by atoms with E-state index in [9.17, 15) is 26.3 Å². The van der Waals surface area contributed by atoms with Crippen LogP contribution >= 0.6 is 0 Å². The predicted octanol–water partition coefficient (Wildman–Crippen LogP) is 11.0. The van der Waals surface area contributed by atoms with Gasteiger partial charge in [0.05, 0.1) is 28.4 Å². The summed E-state index contributed by atoms with van der Waals surface area (Å²) in [5, 5.41) is 1.85. The van der Waals surface area contributed by atoms with Crippen molar-refractivity contribution in [3.63, 3.8) is 0 Å². The van der Waals surface area contributed by atoms with Gasteiger partial charge in [-0.05, 0) is 76.7 Å². The molecule has 0 amide bonds. The normalized spacial score (nSPS) is 13.2. The molecule has 0 atom stereocenters. The molecule has 8 heteroatoms. The van der Waals surface area contributed by atoms with Gasteiger partial charge in [-0.2, -0.15) is 26.3 Å². The van der Waals surface area contributed by atoms with Gasteiger partial charge in [0.15, 0.2) is 6.20 Å². The molecule has 48 heavy (non-hydrogen) atoms. The fraction of sp³-hybridized carbons (Fsp3) is 0.125. The number of benzene rings is 5. The lowest BCUT2D eigenvalue weighted by molar-refractivity contribution is -0.659. The summed E-state index contributed by atoms with van der Waals surface area (Å²) in [6, 6.07) is 33.9. The lowest BCUT2D eigenvalue weighted by atomic mass is 9.97. The molecule has 2 aromatic heterocycles. The van der Waals surface area contributed by atoms with E-state index in [-0.39, 0.29) is 0 Å². The number of rotatable bonds is 5. The first-order chi connectivity index (χ1) is 23.6. The molecule has 0 saturated heterocycles. The Kier molecular flexibility index (Phi) is 7.03. The predicted molar refractivity (Wildman–Crippen MR) is 178 cm³/mol. The Bertz CT molecular complexity index is 2370. The van der Waals surface area contributed by atoms with Gasteiger partial charge in [-0.25, -0.2) is 4.57 Å². The lowest BCUT2D eigenvalue weighted by Crippen LogP contribution is -2.30. The maximum absolute atomic E-state index is 13.5. The molecule has 2 heterocycles. The van der Waals surface area contributed by atoms with Crippen LogP contribution in [0.2, 0.25) is 0 Å². The van der Waals surface area contributed by atoms with Crippen LogP contribution in [0.5, 0.6) is 0 Å². The highest BCUT2D eigenvalue weighted by Crippen LogP contribution is 2.40. The van der Waals surface area contributed by atoms with Crippen molar-refractivity contribution in [1.82, 2.24) is 4.57 Å². The Morgan fingerprint density at radius 1 is 0.667 bits per heavy atom. The van der Waals surface area contributed by atoms with Crippen LogP contribution in [0.3, 0.4) is 0 Å². The third-order valence-corrected chi connectivity index (χ3v) is 8.63. The summed E-state index contributed by atoms with van der Waals surface area (Å²) in [5.74, 6) is 0. The second-order valence-electron chi connectivity index (χ2n) is 11.7. The summed E-state index contributed by atoms with van der Waals surface area (Å²) < 4.78 is 99.3. The summed E-state index contributed by atoms with van der Waals surface area (Å²) in [6.07, 6.45) is -11.1. The topological polar surface area (TPSA) is 8.81 Å². The minimum atomic E-state index is -5.07. The van der Waals surface area contributed by atoms with Gasteiger partial charge in [0.1, 0.15) is 7.05 Å². The molecule has 0 spiro atoms. The van der Waals surface area contributed by atoms with Crippen molar-refractivity contribution < 1.29 is 33.7 Å². The van der Waals surface area contributed by atoms with Crippen LogP contribution in [0, 0.1) is 6.92 Å². The molecular weight excluding hydrogens is 622 g/mol. The molecule has 5 aromatic carbocycles. The molecule has 7 rings (SSSR count). The van der Waals surface area contributed by atoms with Crippen molar-refractivity contribution in [2.75, 3.05) is 0 Å². The molecule has 2 nitrogen and oxygen atoms in total. The van der Waals surface area contributed by atoms with Gasteiger partial charge >= 0.3 is 12.4 Å². The van der Waals surface area contributed by atoms with Gasteiger partial charge < -0.3 is 4.57 Å². The lowest BCUT2D eigenvalue weighted by Gasteiger charge is -2.11. The molecule has 0 aliphatic rings. The van der Waals surface area contributed by atoms with Gasteiger partial charge in [0, 0.05) is 25.4 Å².